The Balaban J connectivity index is 1.24. The molecule has 2 aliphatic rings. The van der Waals surface area contributed by atoms with E-state index in [1.165, 1.54) is 43.6 Å². The lowest BCUT2D eigenvalue weighted by atomic mass is 9.86. The minimum Gasteiger partial charge on any atom is -0.490 e. The van der Waals surface area contributed by atoms with Gasteiger partial charge < -0.3 is 9.64 Å². The van der Waals surface area contributed by atoms with Crippen LogP contribution in [0.15, 0.2) is 91.0 Å². The van der Waals surface area contributed by atoms with Gasteiger partial charge in [0.25, 0.3) is 0 Å². The zero-order chi connectivity index (χ0) is 20.9. The number of likely N-dealkylation sites (tertiary alicyclic amines) is 1. The van der Waals surface area contributed by atoms with Gasteiger partial charge in [0.1, 0.15) is 5.75 Å². The van der Waals surface area contributed by atoms with Crippen LogP contribution in [0.1, 0.15) is 48.6 Å². The highest BCUT2D eigenvalue weighted by atomic mass is 16.5. The van der Waals surface area contributed by atoms with Crippen molar-refractivity contribution in [2.24, 2.45) is 5.92 Å². The van der Waals surface area contributed by atoms with E-state index in [0.29, 0.717) is 17.9 Å². The second-order valence-corrected chi connectivity index (χ2v) is 9.29. The number of para-hydroxylation sites is 1. The van der Waals surface area contributed by atoms with Gasteiger partial charge in [0.2, 0.25) is 0 Å². The summed E-state index contributed by atoms with van der Waals surface area (Å²) in [7, 11) is 0. The molecule has 0 aromatic heterocycles. The molecule has 0 radical (unpaired) electrons. The van der Waals surface area contributed by atoms with Gasteiger partial charge in [-0.15, -0.1) is 0 Å². The fourth-order valence-corrected chi connectivity index (χ4v) is 5.68. The largest absolute Gasteiger partial charge is 0.490 e. The van der Waals surface area contributed by atoms with Crippen LogP contribution < -0.4 is 4.74 Å². The van der Waals surface area contributed by atoms with Gasteiger partial charge in [-0.1, -0.05) is 78.9 Å². The van der Waals surface area contributed by atoms with Crippen molar-refractivity contribution in [3.05, 3.63) is 102 Å². The van der Waals surface area contributed by atoms with Crippen LogP contribution in [0.25, 0.3) is 0 Å². The lowest BCUT2D eigenvalue weighted by molar-refractivity contribution is 0.165. The van der Waals surface area contributed by atoms with E-state index >= 15 is 0 Å². The molecule has 0 spiro atoms. The molecule has 2 heteroatoms. The third-order valence-electron chi connectivity index (χ3n) is 7.28. The van der Waals surface area contributed by atoms with Gasteiger partial charge >= 0.3 is 0 Å². The fourth-order valence-electron chi connectivity index (χ4n) is 5.68. The van der Waals surface area contributed by atoms with Crippen molar-refractivity contribution < 1.29 is 4.74 Å². The first-order valence-corrected chi connectivity index (χ1v) is 11.9. The molecule has 0 amide bonds. The predicted molar refractivity (Wildman–Crippen MR) is 128 cm³/mol. The number of hydrogen-bond donors (Lipinski definition) is 0. The lowest BCUT2D eigenvalue weighted by Crippen LogP contribution is -2.37. The molecule has 5 rings (SSSR count). The summed E-state index contributed by atoms with van der Waals surface area (Å²) in [5.41, 5.74) is 2.99. The highest BCUT2D eigenvalue weighted by molar-refractivity contribution is 5.25. The van der Waals surface area contributed by atoms with Gasteiger partial charge in [0.05, 0.1) is 6.10 Å². The fraction of sp³-hybridized carbons (Fsp3) is 0.379. The van der Waals surface area contributed by atoms with Crippen LogP contribution in [0.2, 0.25) is 0 Å². The van der Waals surface area contributed by atoms with Crippen LogP contribution in [-0.4, -0.2) is 30.6 Å². The lowest BCUT2D eigenvalue weighted by Gasteiger charge is -2.35. The second kappa shape index (κ2) is 9.70. The average Bonchev–Trinajstić information content (AvgIpc) is 3.23. The van der Waals surface area contributed by atoms with Gasteiger partial charge in [-0.25, -0.2) is 0 Å². The summed E-state index contributed by atoms with van der Waals surface area (Å²) in [6.45, 7) is 3.61. The predicted octanol–water partition coefficient (Wildman–Crippen LogP) is 6.51. The van der Waals surface area contributed by atoms with Crippen molar-refractivity contribution in [1.29, 1.82) is 0 Å². The molecule has 3 atom stereocenters. The van der Waals surface area contributed by atoms with Gasteiger partial charge in [0.15, 0.2) is 0 Å². The highest BCUT2D eigenvalue weighted by Crippen LogP contribution is 2.42. The molecule has 0 N–H and O–H groups in total. The molecule has 31 heavy (non-hydrogen) atoms. The van der Waals surface area contributed by atoms with Crippen molar-refractivity contribution in [3.63, 3.8) is 0 Å². The molecule has 2 fully saturated rings. The molecule has 0 bridgehead atoms. The molecule has 3 aromatic rings. The number of rotatable bonds is 6. The van der Waals surface area contributed by atoms with E-state index in [0.717, 1.165) is 24.5 Å². The smallest absolute Gasteiger partial charge is 0.119 e. The first-order chi connectivity index (χ1) is 15.3. The van der Waals surface area contributed by atoms with Crippen molar-refractivity contribution in [2.75, 3.05) is 19.6 Å². The van der Waals surface area contributed by atoms with Crippen LogP contribution in [0.3, 0.4) is 0 Å². The summed E-state index contributed by atoms with van der Waals surface area (Å²) >= 11 is 0. The quantitative estimate of drug-likeness (QED) is 0.458. The summed E-state index contributed by atoms with van der Waals surface area (Å²) in [4.78, 5) is 2.71. The summed E-state index contributed by atoms with van der Waals surface area (Å²) in [6.07, 6.45) is 5.12. The molecular weight excluding hydrogens is 378 g/mol. The minimum atomic E-state index is 0.305. The maximum absolute atomic E-state index is 6.40. The van der Waals surface area contributed by atoms with Crippen molar-refractivity contribution in [1.82, 2.24) is 4.90 Å². The Kier molecular flexibility index (Phi) is 6.36. The van der Waals surface area contributed by atoms with Crippen molar-refractivity contribution in [3.8, 4) is 5.75 Å². The monoisotopic (exact) mass is 411 g/mol. The summed E-state index contributed by atoms with van der Waals surface area (Å²) in [6, 6.07) is 32.5. The zero-order valence-electron chi connectivity index (χ0n) is 18.3. The van der Waals surface area contributed by atoms with Crippen LogP contribution in [0.5, 0.6) is 5.75 Å². The average molecular weight is 412 g/mol. The van der Waals surface area contributed by atoms with Gasteiger partial charge in [-0.2, -0.15) is 0 Å². The first-order valence-electron chi connectivity index (χ1n) is 11.9. The van der Waals surface area contributed by atoms with Crippen LogP contribution in [-0.2, 0) is 0 Å². The molecule has 1 heterocycles. The highest BCUT2D eigenvalue weighted by Gasteiger charge is 2.37. The van der Waals surface area contributed by atoms with Gasteiger partial charge in [-0.3, -0.25) is 0 Å². The van der Waals surface area contributed by atoms with E-state index in [-0.39, 0.29) is 0 Å². The Labute approximate surface area is 186 Å². The molecule has 1 saturated carbocycles. The Bertz CT molecular complexity index is 919. The molecule has 1 saturated heterocycles. The number of ether oxygens (including phenoxy) is 1. The van der Waals surface area contributed by atoms with Crippen LogP contribution in [0, 0.1) is 5.92 Å². The molecule has 3 aromatic carbocycles. The van der Waals surface area contributed by atoms with Crippen molar-refractivity contribution in [2.45, 2.75) is 43.6 Å². The molecule has 160 valence electrons. The Hall–Kier alpha value is -2.58. The number of hydrogen-bond acceptors (Lipinski definition) is 2. The molecular formula is C29H33NO. The van der Waals surface area contributed by atoms with E-state index in [2.05, 4.69) is 95.9 Å². The zero-order valence-corrected chi connectivity index (χ0v) is 18.3. The van der Waals surface area contributed by atoms with Gasteiger partial charge in [0, 0.05) is 6.54 Å². The minimum absolute atomic E-state index is 0.305. The topological polar surface area (TPSA) is 12.5 Å². The SMILES string of the molecule is c1ccc(OC2C[C@H](CN3CCC(c4ccccc4)CC3)[C@@H](c3ccccc3)C2)cc1. The number of nitrogens with zero attached hydrogens (tertiary/aromatic N) is 1. The normalized spacial score (nSPS) is 24.8. The summed E-state index contributed by atoms with van der Waals surface area (Å²) in [5.74, 6) is 2.97. The van der Waals surface area contributed by atoms with E-state index < -0.39 is 0 Å². The summed E-state index contributed by atoms with van der Waals surface area (Å²) in [5, 5.41) is 0. The Morgan fingerprint density at radius 2 is 1.26 bits per heavy atom. The Morgan fingerprint density at radius 1 is 0.677 bits per heavy atom. The van der Waals surface area contributed by atoms with Gasteiger partial charge in [-0.05, 0) is 79.8 Å². The molecule has 1 aliphatic carbocycles. The first kappa shape index (κ1) is 20.3. The number of benzene rings is 3. The third-order valence-corrected chi connectivity index (χ3v) is 7.28. The molecule has 2 nitrogen and oxygen atoms in total. The van der Waals surface area contributed by atoms with Crippen LogP contribution >= 0.6 is 0 Å². The molecule has 1 unspecified atom stereocenters. The van der Waals surface area contributed by atoms with E-state index in [1.54, 1.807) is 0 Å². The maximum Gasteiger partial charge on any atom is 0.119 e. The summed E-state index contributed by atoms with van der Waals surface area (Å²) < 4.78 is 6.40. The van der Waals surface area contributed by atoms with Crippen LogP contribution in [0.4, 0.5) is 0 Å². The standard InChI is InChI=1S/C29H33NO/c1-4-10-23(11-5-1)24-16-18-30(19-17-24)22-26-20-28(31-27-14-8-3-9-15-27)21-29(26)25-12-6-2-7-13-25/h1-15,24,26,28-29H,16-22H2/t26-,28?,29-/m1/s1. The van der Waals surface area contributed by atoms with Crippen molar-refractivity contribution >= 4 is 0 Å². The maximum atomic E-state index is 6.40. The van der Waals surface area contributed by atoms with E-state index in [1.807, 2.05) is 0 Å². The van der Waals surface area contributed by atoms with E-state index in [9.17, 15) is 0 Å². The second-order valence-electron chi connectivity index (χ2n) is 9.29. The number of piperidine rings is 1. The third kappa shape index (κ3) is 5.02. The van der Waals surface area contributed by atoms with E-state index in [4.69, 9.17) is 4.74 Å². The Morgan fingerprint density at radius 3 is 1.90 bits per heavy atom. The molecule has 1 aliphatic heterocycles.